The van der Waals surface area contributed by atoms with Gasteiger partial charge in [0.15, 0.2) is 0 Å². The molecule has 6 nitrogen and oxygen atoms in total. The van der Waals surface area contributed by atoms with Gasteiger partial charge in [0.2, 0.25) is 0 Å². The van der Waals surface area contributed by atoms with Crippen LogP contribution in [-0.2, 0) is 0 Å². The van der Waals surface area contributed by atoms with Crippen molar-refractivity contribution in [1.29, 1.82) is 0 Å². The lowest BCUT2D eigenvalue weighted by atomic mass is 10.0. The Bertz CT molecular complexity index is 578. The van der Waals surface area contributed by atoms with Gasteiger partial charge in [-0.1, -0.05) is 6.92 Å². The number of hydrogen-bond donors (Lipinski definition) is 1. The van der Waals surface area contributed by atoms with Crippen LogP contribution >= 0.6 is 0 Å². The summed E-state index contributed by atoms with van der Waals surface area (Å²) in [5.41, 5.74) is 0.603. The molecule has 1 aromatic heterocycles. The lowest BCUT2D eigenvalue weighted by molar-refractivity contribution is 0.0788. The molecule has 0 spiro atoms. The molecule has 0 unspecified atom stereocenters. The van der Waals surface area contributed by atoms with Crippen LogP contribution in [0.4, 0.5) is 4.79 Å². The number of likely N-dealkylation sites (tertiary alicyclic amines) is 2. The summed E-state index contributed by atoms with van der Waals surface area (Å²) in [4.78, 5) is 32.6. The molecule has 3 rings (SSSR count). The van der Waals surface area contributed by atoms with Crippen molar-refractivity contribution in [2.75, 3.05) is 26.2 Å². The Morgan fingerprint density at radius 2 is 2.00 bits per heavy atom. The van der Waals surface area contributed by atoms with Crippen molar-refractivity contribution in [3.8, 4) is 0 Å². The molecule has 0 saturated carbocycles. The summed E-state index contributed by atoms with van der Waals surface area (Å²) in [6.07, 6.45) is 7.40. The van der Waals surface area contributed by atoms with Gasteiger partial charge in [0.05, 0.1) is 5.56 Å². The molecule has 0 radical (unpaired) electrons. The summed E-state index contributed by atoms with van der Waals surface area (Å²) >= 11 is 0. The molecule has 2 aliphatic heterocycles. The van der Waals surface area contributed by atoms with Gasteiger partial charge >= 0.3 is 6.03 Å². The molecule has 2 atom stereocenters. The highest BCUT2D eigenvalue weighted by molar-refractivity contribution is 5.94. The Balaban J connectivity index is 1.50. The molecule has 1 N–H and O–H groups in total. The predicted molar refractivity (Wildman–Crippen MR) is 91.7 cm³/mol. The van der Waals surface area contributed by atoms with E-state index in [0.29, 0.717) is 24.6 Å². The molecule has 1 aromatic rings. The second-order valence-corrected chi connectivity index (χ2v) is 6.95. The van der Waals surface area contributed by atoms with Gasteiger partial charge in [0.25, 0.3) is 5.91 Å². The van der Waals surface area contributed by atoms with Crippen LogP contribution in [0.25, 0.3) is 0 Å². The summed E-state index contributed by atoms with van der Waals surface area (Å²) in [6.45, 7) is 5.17. The van der Waals surface area contributed by atoms with Gasteiger partial charge in [-0.05, 0) is 43.7 Å². The second-order valence-electron chi connectivity index (χ2n) is 6.95. The van der Waals surface area contributed by atoms with Crippen molar-refractivity contribution in [1.82, 2.24) is 20.1 Å². The summed E-state index contributed by atoms with van der Waals surface area (Å²) < 4.78 is 0. The van der Waals surface area contributed by atoms with E-state index < -0.39 is 0 Å². The number of nitrogens with zero attached hydrogens (tertiary/aromatic N) is 3. The van der Waals surface area contributed by atoms with Crippen LogP contribution in [0.3, 0.4) is 0 Å². The van der Waals surface area contributed by atoms with Gasteiger partial charge in [-0.2, -0.15) is 0 Å². The Morgan fingerprint density at radius 3 is 2.79 bits per heavy atom. The van der Waals surface area contributed by atoms with Crippen molar-refractivity contribution in [3.63, 3.8) is 0 Å². The van der Waals surface area contributed by atoms with Crippen molar-refractivity contribution >= 4 is 11.9 Å². The smallest absolute Gasteiger partial charge is 0.317 e. The average Bonchev–Trinajstić information content (AvgIpc) is 2.95. The fourth-order valence-corrected chi connectivity index (χ4v) is 3.47. The molecular weight excluding hydrogens is 304 g/mol. The van der Waals surface area contributed by atoms with Crippen LogP contribution in [0.2, 0.25) is 0 Å². The van der Waals surface area contributed by atoms with Gasteiger partial charge in [-0.15, -0.1) is 0 Å². The third kappa shape index (κ3) is 4.04. The summed E-state index contributed by atoms with van der Waals surface area (Å²) in [5, 5.41) is 3.10. The van der Waals surface area contributed by atoms with Crippen LogP contribution in [0, 0.1) is 5.92 Å². The molecule has 3 heterocycles. The first-order valence-corrected chi connectivity index (χ1v) is 8.88. The van der Waals surface area contributed by atoms with E-state index in [9.17, 15) is 9.59 Å². The van der Waals surface area contributed by atoms with Crippen LogP contribution < -0.4 is 5.32 Å². The van der Waals surface area contributed by atoms with Crippen molar-refractivity contribution in [3.05, 3.63) is 30.1 Å². The standard InChI is InChI=1S/C18H26N4O2/c1-14-4-3-9-21(10-6-14)18(24)20-16-7-11-22(13-16)17(23)15-5-2-8-19-12-15/h2,5,8,12,14,16H,3-4,6-7,9-11,13H2,1H3,(H,20,24)/t14-,16-/m1/s1. The van der Waals surface area contributed by atoms with Gasteiger partial charge < -0.3 is 15.1 Å². The molecule has 0 aromatic carbocycles. The maximum absolute atomic E-state index is 12.5. The molecule has 3 amide bonds. The zero-order chi connectivity index (χ0) is 16.9. The maximum atomic E-state index is 12.5. The molecule has 0 aliphatic carbocycles. The first-order chi connectivity index (χ1) is 11.6. The van der Waals surface area contributed by atoms with Crippen molar-refractivity contribution in [2.24, 2.45) is 5.92 Å². The number of aromatic nitrogens is 1. The Kier molecular flexibility index (Phi) is 5.33. The first-order valence-electron chi connectivity index (χ1n) is 8.88. The van der Waals surface area contributed by atoms with E-state index in [0.717, 1.165) is 32.4 Å². The Morgan fingerprint density at radius 1 is 1.17 bits per heavy atom. The normalized spacial score (nSPS) is 24.5. The SMILES string of the molecule is C[C@@H]1CCCN(C(=O)N[C@@H]2CCN(C(=O)c3cccnc3)C2)CC1. The van der Waals surface area contributed by atoms with Gasteiger partial charge in [-0.25, -0.2) is 4.79 Å². The molecule has 2 fully saturated rings. The summed E-state index contributed by atoms with van der Waals surface area (Å²) in [5.74, 6) is 0.685. The lowest BCUT2D eigenvalue weighted by Gasteiger charge is -2.24. The minimum atomic E-state index is -0.0107. The molecule has 24 heavy (non-hydrogen) atoms. The van der Waals surface area contributed by atoms with E-state index in [1.807, 2.05) is 4.90 Å². The van der Waals surface area contributed by atoms with E-state index in [4.69, 9.17) is 0 Å². The second kappa shape index (κ2) is 7.64. The maximum Gasteiger partial charge on any atom is 0.317 e. The Hall–Kier alpha value is -2.11. The largest absolute Gasteiger partial charge is 0.336 e. The van der Waals surface area contributed by atoms with Crippen molar-refractivity contribution in [2.45, 2.75) is 38.6 Å². The fraction of sp³-hybridized carbons (Fsp3) is 0.611. The quantitative estimate of drug-likeness (QED) is 0.903. The first kappa shape index (κ1) is 16.7. The molecule has 2 aliphatic rings. The highest BCUT2D eigenvalue weighted by Crippen LogP contribution is 2.17. The third-order valence-corrected chi connectivity index (χ3v) is 5.02. The van der Waals surface area contributed by atoms with Gasteiger partial charge in [-0.3, -0.25) is 9.78 Å². The van der Waals surface area contributed by atoms with Crippen LogP contribution in [0.15, 0.2) is 24.5 Å². The number of pyridine rings is 1. The van der Waals surface area contributed by atoms with Crippen LogP contribution in [0.5, 0.6) is 0 Å². The number of urea groups is 1. The zero-order valence-electron chi connectivity index (χ0n) is 14.3. The average molecular weight is 330 g/mol. The summed E-state index contributed by atoms with van der Waals surface area (Å²) in [6, 6.07) is 3.60. The lowest BCUT2D eigenvalue weighted by Crippen LogP contribution is -2.46. The predicted octanol–water partition coefficient (Wildman–Crippen LogP) is 2.13. The van der Waals surface area contributed by atoms with E-state index in [1.54, 1.807) is 29.4 Å². The van der Waals surface area contributed by atoms with Gasteiger partial charge in [0.1, 0.15) is 0 Å². The number of amides is 3. The highest BCUT2D eigenvalue weighted by Gasteiger charge is 2.29. The minimum Gasteiger partial charge on any atom is -0.336 e. The molecule has 2 saturated heterocycles. The number of hydrogen-bond acceptors (Lipinski definition) is 3. The molecule has 130 valence electrons. The van der Waals surface area contributed by atoms with E-state index >= 15 is 0 Å². The number of carbonyl (C=O) groups excluding carboxylic acids is 2. The fourth-order valence-electron chi connectivity index (χ4n) is 3.47. The number of carbonyl (C=O) groups is 2. The van der Waals surface area contributed by atoms with E-state index in [2.05, 4.69) is 17.2 Å². The summed E-state index contributed by atoms with van der Waals surface area (Å²) in [7, 11) is 0. The molecule has 0 bridgehead atoms. The number of nitrogens with one attached hydrogen (secondary N) is 1. The van der Waals surface area contributed by atoms with Gasteiger partial charge in [0, 0.05) is 44.6 Å². The topological polar surface area (TPSA) is 65.5 Å². The Labute approximate surface area is 143 Å². The highest BCUT2D eigenvalue weighted by atomic mass is 16.2. The molecular formula is C18H26N4O2. The minimum absolute atomic E-state index is 0.0107. The van der Waals surface area contributed by atoms with E-state index in [-0.39, 0.29) is 18.0 Å². The third-order valence-electron chi connectivity index (χ3n) is 5.02. The van der Waals surface area contributed by atoms with E-state index in [1.165, 1.54) is 6.42 Å². The van der Waals surface area contributed by atoms with Crippen molar-refractivity contribution < 1.29 is 9.59 Å². The zero-order valence-corrected chi connectivity index (χ0v) is 14.3. The number of rotatable bonds is 2. The van der Waals surface area contributed by atoms with Crippen LogP contribution in [-0.4, -0.2) is 58.9 Å². The monoisotopic (exact) mass is 330 g/mol. The van der Waals surface area contributed by atoms with Crippen LogP contribution in [0.1, 0.15) is 43.0 Å². The molecule has 6 heteroatoms.